The highest BCUT2D eigenvalue weighted by Gasteiger charge is 2.28. The van der Waals surface area contributed by atoms with Crippen molar-refractivity contribution in [2.24, 2.45) is 0 Å². The molecule has 0 spiro atoms. The third kappa shape index (κ3) is 3.29. The molecule has 0 fully saturated rings. The van der Waals surface area contributed by atoms with Crippen LogP contribution in [-0.4, -0.2) is 7.11 Å². The van der Waals surface area contributed by atoms with Crippen molar-refractivity contribution in [2.45, 2.75) is 64.2 Å². The Balaban J connectivity index is 4.08. The molecule has 0 aliphatic rings. The predicted molar refractivity (Wildman–Crippen MR) is 91.0 cm³/mol. The van der Waals surface area contributed by atoms with Gasteiger partial charge in [-0.05, 0) is 34.4 Å². The quantitative estimate of drug-likeness (QED) is 0.677. The zero-order chi connectivity index (χ0) is 17.0. The molecule has 0 amide bonds. The number of nitriles is 2. The van der Waals surface area contributed by atoms with Gasteiger partial charge >= 0.3 is 0 Å². The van der Waals surface area contributed by atoms with Crippen LogP contribution >= 0.6 is 12.0 Å². The van der Waals surface area contributed by atoms with E-state index in [-0.39, 0.29) is 17.8 Å². The first kappa shape index (κ1) is 18.6. The van der Waals surface area contributed by atoms with Gasteiger partial charge in [-0.2, -0.15) is 10.5 Å². The van der Waals surface area contributed by atoms with Crippen LogP contribution in [0.1, 0.15) is 87.1 Å². The molecule has 0 heterocycles. The number of nitrogens with zero attached hydrogens (tertiary/aromatic N) is 2. The highest BCUT2D eigenvalue weighted by molar-refractivity contribution is 7.94. The number of rotatable bonds is 5. The summed E-state index contributed by atoms with van der Waals surface area (Å²) >= 11 is 1.26. The van der Waals surface area contributed by atoms with Crippen molar-refractivity contribution in [3.05, 3.63) is 27.8 Å². The Morgan fingerprint density at radius 2 is 1.14 bits per heavy atom. The second-order valence-corrected chi connectivity index (χ2v) is 7.17. The molecule has 0 saturated carbocycles. The molecule has 0 aliphatic heterocycles. The minimum Gasteiger partial charge on any atom is -0.314 e. The van der Waals surface area contributed by atoms with Gasteiger partial charge in [0.25, 0.3) is 0 Å². The summed E-state index contributed by atoms with van der Waals surface area (Å²) in [7, 11) is 1.62. The molecule has 22 heavy (non-hydrogen) atoms. The van der Waals surface area contributed by atoms with Crippen molar-refractivity contribution in [3.63, 3.8) is 0 Å². The standard InChI is InChI=1S/C18H24N2OS/c1-10(2)15-13(8-19)16(11(3)4)18(22-21-7)17(12(5)6)14(15)9-20/h10-12H,1-7H3. The average Bonchev–Trinajstić information content (AvgIpc) is 2.44. The molecule has 0 radical (unpaired) electrons. The highest BCUT2D eigenvalue weighted by Crippen LogP contribution is 2.43. The molecular weight excluding hydrogens is 292 g/mol. The summed E-state index contributed by atoms with van der Waals surface area (Å²) in [6, 6.07) is 4.69. The summed E-state index contributed by atoms with van der Waals surface area (Å²) in [6.45, 7) is 12.4. The van der Waals surface area contributed by atoms with Crippen LogP contribution in [0.2, 0.25) is 0 Å². The largest absolute Gasteiger partial charge is 0.314 e. The predicted octanol–water partition coefficient (Wildman–Crippen LogP) is 5.45. The molecule has 3 nitrogen and oxygen atoms in total. The van der Waals surface area contributed by atoms with Crippen LogP contribution in [-0.2, 0) is 4.18 Å². The summed E-state index contributed by atoms with van der Waals surface area (Å²) in [5.41, 5.74) is 4.16. The van der Waals surface area contributed by atoms with Crippen LogP contribution in [0.3, 0.4) is 0 Å². The Hall–Kier alpha value is -1.49. The fraction of sp³-hybridized carbons (Fsp3) is 0.556. The lowest BCUT2D eigenvalue weighted by Gasteiger charge is -2.25. The molecule has 1 aromatic carbocycles. The van der Waals surface area contributed by atoms with Gasteiger partial charge in [-0.1, -0.05) is 41.5 Å². The zero-order valence-electron chi connectivity index (χ0n) is 14.4. The summed E-state index contributed by atoms with van der Waals surface area (Å²) in [5.74, 6) is 0.506. The van der Waals surface area contributed by atoms with E-state index in [1.54, 1.807) is 7.11 Å². The molecule has 0 atom stereocenters. The highest BCUT2D eigenvalue weighted by atomic mass is 32.2. The molecule has 0 bridgehead atoms. The number of hydrogen-bond donors (Lipinski definition) is 0. The normalized spacial score (nSPS) is 11.1. The minimum absolute atomic E-state index is 0.126. The monoisotopic (exact) mass is 316 g/mol. The lowest BCUT2D eigenvalue weighted by atomic mass is 9.81. The SMILES string of the molecule is COSc1c(C(C)C)c(C#N)c(C(C)C)c(C#N)c1C(C)C. The maximum Gasteiger partial charge on any atom is 0.0998 e. The van der Waals surface area contributed by atoms with Crippen molar-refractivity contribution in [3.8, 4) is 12.1 Å². The molecule has 0 aliphatic carbocycles. The van der Waals surface area contributed by atoms with Gasteiger partial charge in [0.05, 0.1) is 30.4 Å². The lowest BCUT2D eigenvalue weighted by Crippen LogP contribution is -2.11. The van der Waals surface area contributed by atoms with E-state index in [0.29, 0.717) is 11.1 Å². The van der Waals surface area contributed by atoms with E-state index in [9.17, 15) is 10.5 Å². The Kier molecular flexibility index (Phi) is 6.48. The van der Waals surface area contributed by atoms with E-state index in [0.717, 1.165) is 21.6 Å². The van der Waals surface area contributed by atoms with Crippen LogP contribution in [0.5, 0.6) is 0 Å². The molecular formula is C18H24N2OS. The topological polar surface area (TPSA) is 56.8 Å². The van der Waals surface area contributed by atoms with Crippen LogP contribution in [0.15, 0.2) is 4.90 Å². The molecule has 118 valence electrons. The molecule has 1 aromatic rings. The van der Waals surface area contributed by atoms with Gasteiger partial charge in [-0.3, -0.25) is 0 Å². The summed E-state index contributed by atoms with van der Waals surface area (Å²) in [4.78, 5) is 0.935. The van der Waals surface area contributed by atoms with Crippen LogP contribution in [0, 0.1) is 22.7 Å². The van der Waals surface area contributed by atoms with Crippen LogP contribution in [0.4, 0.5) is 0 Å². The third-order valence-electron chi connectivity index (χ3n) is 3.69. The fourth-order valence-electron chi connectivity index (χ4n) is 2.88. The summed E-state index contributed by atoms with van der Waals surface area (Å²) in [6.07, 6.45) is 0. The Morgan fingerprint density at radius 1 is 0.773 bits per heavy atom. The second kappa shape index (κ2) is 7.68. The van der Waals surface area contributed by atoms with Gasteiger partial charge in [0.15, 0.2) is 0 Å². The molecule has 0 saturated heterocycles. The van der Waals surface area contributed by atoms with Gasteiger partial charge in [0.1, 0.15) is 0 Å². The first-order valence-corrected chi connectivity index (χ1v) is 8.30. The molecule has 0 aromatic heterocycles. The van der Waals surface area contributed by atoms with Crippen molar-refractivity contribution in [1.82, 2.24) is 0 Å². The Labute approximate surface area is 138 Å². The maximum atomic E-state index is 9.73. The average molecular weight is 316 g/mol. The van der Waals surface area contributed by atoms with Gasteiger partial charge in [0.2, 0.25) is 0 Å². The smallest absolute Gasteiger partial charge is 0.0998 e. The van der Waals surface area contributed by atoms with Crippen molar-refractivity contribution in [1.29, 1.82) is 10.5 Å². The number of hydrogen-bond acceptors (Lipinski definition) is 4. The van der Waals surface area contributed by atoms with Crippen molar-refractivity contribution in [2.75, 3.05) is 7.11 Å². The van der Waals surface area contributed by atoms with E-state index < -0.39 is 0 Å². The number of benzene rings is 1. The second-order valence-electron chi connectivity index (χ2n) is 6.26. The summed E-state index contributed by atoms with van der Waals surface area (Å²) in [5, 5.41) is 19.5. The first-order valence-electron chi connectivity index (χ1n) is 7.56. The zero-order valence-corrected chi connectivity index (χ0v) is 15.3. The fourth-order valence-corrected chi connectivity index (χ4v) is 3.90. The maximum absolute atomic E-state index is 9.73. The van der Waals surface area contributed by atoms with E-state index in [1.807, 2.05) is 13.8 Å². The van der Waals surface area contributed by atoms with E-state index >= 15 is 0 Å². The van der Waals surface area contributed by atoms with E-state index in [1.165, 1.54) is 12.0 Å². The van der Waals surface area contributed by atoms with Crippen LogP contribution in [0.25, 0.3) is 0 Å². The van der Waals surface area contributed by atoms with Gasteiger partial charge in [0, 0.05) is 16.9 Å². The molecule has 0 N–H and O–H groups in total. The van der Waals surface area contributed by atoms with Gasteiger partial charge in [-0.25, -0.2) is 0 Å². The van der Waals surface area contributed by atoms with Gasteiger partial charge in [-0.15, -0.1) is 0 Å². The van der Waals surface area contributed by atoms with E-state index in [4.69, 9.17) is 4.18 Å². The first-order chi connectivity index (χ1) is 10.3. The third-order valence-corrected chi connectivity index (χ3v) is 4.46. The van der Waals surface area contributed by atoms with Crippen LogP contribution < -0.4 is 0 Å². The van der Waals surface area contributed by atoms with Crippen molar-refractivity contribution >= 4 is 12.0 Å². The minimum atomic E-state index is 0.126. The Bertz CT molecular complexity index is 587. The molecule has 0 unspecified atom stereocenters. The lowest BCUT2D eigenvalue weighted by molar-refractivity contribution is 0.488. The Morgan fingerprint density at radius 3 is 1.36 bits per heavy atom. The molecule has 1 rings (SSSR count). The molecule has 4 heteroatoms. The summed E-state index contributed by atoms with van der Waals surface area (Å²) < 4.78 is 5.31. The van der Waals surface area contributed by atoms with Gasteiger partial charge < -0.3 is 4.18 Å². The van der Waals surface area contributed by atoms with Crippen molar-refractivity contribution < 1.29 is 4.18 Å². The van der Waals surface area contributed by atoms with E-state index in [2.05, 4.69) is 39.8 Å².